The van der Waals surface area contributed by atoms with Gasteiger partial charge in [-0.2, -0.15) is 0 Å². The molecule has 0 saturated heterocycles. The molecule has 0 aliphatic heterocycles. The normalized spacial score (nSPS) is 17.4. The summed E-state index contributed by atoms with van der Waals surface area (Å²) in [6.07, 6.45) is 8.86. The van der Waals surface area contributed by atoms with Crippen LogP contribution < -0.4 is 4.74 Å². The van der Waals surface area contributed by atoms with Gasteiger partial charge in [-0.15, -0.1) is 0 Å². The summed E-state index contributed by atoms with van der Waals surface area (Å²) >= 11 is 0. The minimum atomic E-state index is 0.0887. The summed E-state index contributed by atoms with van der Waals surface area (Å²) in [5.41, 5.74) is 5.90. The van der Waals surface area contributed by atoms with Gasteiger partial charge in [0.15, 0.2) is 0 Å². The van der Waals surface area contributed by atoms with E-state index < -0.39 is 0 Å². The summed E-state index contributed by atoms with van der Waals surface area (Å²) in [7, 11) is 1.67. The molecule has 33 heavy (non-hydrogen) atoms. The van der Waals surface area contributed by atoms with Crippen molar-refractivity contribution in [3.8, 4) is 5.75 Å². The first-order valence-corrected chi connectivity index (χ1v) is 11.7. The second-order valence-corrected chi connectivity index (χ2v) is 8.86. The summed E-state index contributed by atoms with van der Waals surface area (Å²) in [5, 5.41) is 0. The van der Waals surface area contributed by atoms with E-state index in [9.17, 15) is 4.79 Å². The van der Waals surface area contributed by atoms with Crippen LogP contribution >= 0.6 is 0 Å². The molecule has 2 aliphatic rings. The largest absolute Gasteiger partial charge is 0.497 e. The van der Waals surface area contributed by atoms with E-state index >= 15 is 0 Å². The quantitative estimate of drug-likeness (QED) is 0.485. The second-order valence-electron chi connectivity index (χ2n) is 8.86. The Balaban J connectivity index is 1.47. The van der Waals surface area contributed by atoms with Crippen molar-refractivity contribution in [2.75, 3.05) is 7.11 Å². The van der Waals surface area contributed by atoms with E-state index in [-0.39, 0.29) is 17.9 Å². The lowest BCUT2D eigenvalue weighted by molar-refractivity contribution is -0.130. The number of nitrogens with zero attached hydrogens (tertiary/aromatic N) is 1. The van der Waals surface area contributed by atoms with Crippen molar-refractivity contribution in [2.45, 2.75) is 37.8 Å². The average Bonchev–Trinajstić information content (AvgIpc) is 3.32. The molecule has 3 nitrogen and oxygen atoms in total. The Morgan fingerprint density at radius 2 is 1.58 bits per heavy atom. The van der Waals surface area contributed by atoms with Crippen LogP contribution in [0.1, 0.15) is 34.6 Å². The number of carbonyl (C=O) groups is 1. The number of rotatable bonds is 6. The standard InChI is InChI=1S/C30H29NO2/c1-33-27-17-15-22(16-18-27)21-31(26-19-24-11-5-6-12-25(24)20-26)30(32)29-14-8-7-13-28(29)23-9-3-2-4-10-23/h2-12,14-18,26,28H,13,19-21H2,1H3. The maximum atomic E-state index is 14.1. The molecule has 0 fully saturated rings. The maximum absolute atomic E-state index is 14.1. The van der Waals surface area contributed by atoms with Crippen molar-refractivity contribution in [2.24, 2.45) is 0 Å². The van der Waals surface area contributed by atoms with E-state index in [1.807, 2.05) is 30.4 Å². The summed E-state index contributed by atoms with van der Waals surface area (Å²) in [6.45, 7) is 0.587. The number of benzene rings is 3. The van der Waals surface area contributed by atoms with E-state index in [0.29, 0.717) is 6.54 Å². The van der Waals surface area contributed by atoms with Crippen LogP contribution in [0.15, 0.2) is 103 Å². The Hall–Kier alpha value is -3.59. The number of hydrogen-bond donors (Lipinski definition) is 0. The summed E-state index contributed by atoms with van der Waals surface area (Å²) in [5.74, 6) is 1.06. The van der Waals surface area contributed by atoms with Crippen LogP contribution in [0.5, 0.6) is 5.75 Å². The van der Waals surface area contributed by atoms with E-state index in [1.165, 1.54) is 16.7 Å². The van der Waals surface area contributed by atoms with Crippen molar-refractivity contribution in [3.63, 3.8) is 0 Å². The molecule has 3 aromatic carbocycles. The molecule has 0 spiro atoms. The molecule has 3 aromatic rings. The fourth-order valence-corrected chi connectivity index (χ4v) is 5.07. The predicted octanol–water partition coefficient (Wildman–Crippen LogP) is 5.86. The molecule has 0 saturated carbocycles. The fourth-order valence-electron chi connectivity index (χ4n) is 5.07. The van der Waals surface area contributed by atoms with E-state index in [2.05, 4.69) is 71.6 Å². The van der Waals surface area contributed by atoms with Gasteiger partial charge in [0, 0.05) is 24.1 Å². The van der Waals surface area contributed by atoms with Crippen LogP contribution in [0.3, 0.4) is 0 Å². The van der Waals surface area contributed by atoms with Crippen LogP contribution in [0, 0.1) is 0 Å². The smallest absolute Gasteiger partial charge is 0.250 e. The lowest BCUT2D eigenvalue weighted by Crippen LogP contribution is -2.42. The number of allylic oxidation sites excluding steroid dienone is 3. The molecule has 2 aliphatic carbocycles. The van der Waals surface area contributed by atoms with Crippen LogP contribution in [0.25, 0.3) is 0 Å². The molecule has 0 bridgehead atoms. The van der Waals surface area contributed by atoms with Gasteiger partial charge in [0.2, 0.25) is 0 Å². The molecule has 0 aromatic heterocycles. The van der Waals surface area contributed by atoms with Crippen molar-refractivity contribution in [3.05, 3.63) is 125 Å². The summed E-state index contributed by atoms with van der Waals surface area (Å²) < 4.78 is 5.32. The molecule has 5 rings (SSSR count). The molecular formula is C30H29NO2. The highest BCUT2D eigenvalue weighted by atomic mass is 16.5. The zero-order valence-corrected chi connectivity index (χ0v) is 19.0. The van der Waals surface area contributed by atoms with Gasteiger partial charge < -0.3 is 9.64 Å². The minimum Gasteiger partial charge on any atom is -0.497 e. The van der Waals surface area contributed by atoms with Crippen LogP contribution in [0.2, 0.25) is 0 Å². The third-order valence-corrected chi connectivity index (χ3v) is 6.85. The SMILES string of the molecule is COc1ccc(CN(C(=O)C2=CC=CCC2c2ccccc2)C2Cc3ccccc3C2)cc1. The molecule has 166 valence electrons. The summed E-state index contributed by atoms with van der Waals surface area (Å²) in [4.78, 5) is 16.2. The van der Waals surface area contributed by atoms with Gasteiger partial charge in [0.25, 0.3) is 5.91 Å². The van der Waals surface area contributed by atoms with E-state index in [0.717, 1.165) is 36.1 Å². The second kappa shape index (κ2) is 9.50. The van der Waals surface area contributed by atoms with Gasteiger partial charge in [-0.25, -0.2) is 0 Å². The van der Waals surface area contributed by atoms with E-state index in [4.69, 9.17) is 4.74 Å². The van der Waals surface area contributed by atoms with Gasteiger partial charge in [0.05, 0.1) is 7.11 Å². The van der Waals surface area contributed by atoms with Gasteiger partial charge in [-0.3, -0.25) is 4.79 Å². The van der Waals surface area contributed by atoms with Crippen molar-refractivity contribution in [1.29, 1.82) is 0 Å². The van der Waals surface area contributed by atoms with Crippen molar-refractivity contribution in [1.82, 2.24) is 4.90 Å². The fraction of sp³-hybridized carbons (Fsp3) is 0.233. The third-order valence-electron chi connectivity index (χ3n) is 6.85. The Morgan fingerprint density at radius 3 is 2.24 bits per heavy atom. The molecule has 0 heterocycles. The molecule has 3 heteroatoms. The first-order chi connectivity index (χ1) is 16.2. The van der Waals surface area contributed by atoms with E-state index in [1.54, 1.807) is 7.11 Å². The van der Waals surface area contributed by atoms with Crippen LogP contribution in [0.4, 0.5) is 0 Å². The predicted molar refractivity (Wildman–Crippen MR) is 132 cm³/mol. The zero-order chi connectivity index (χ0) is 22.6. The highest BCUT2D eigenvalue weighted by Crippen LogP contribution is 2.35. The maximum Gasteiger partial charge on any atom is 0.250 e. The van der Waals surface area contributed by atoms with Gasteiger partial charge in [0.1, 0.15) is 5.75 Å². The van der Waals surface area contributed by atoms with Gasteiger partial charge >= 0.3 is 0 Å². The third kappa shape index (κ3) is 4.49. The Morgan fingerprint density at radius 1 is 0.909 bits per heavy atom. The molecule has 1 amide bonds. The van der Waals surface area contributed by atoms with Crippen LogP contribution in [-0.2, 0) is 24.2 Å². The topological polar surface area (TPSA) is 29.5 Å². The number of methoxy groups -OCH3 is 1. The number of ether oxygens (including phenoxy) is 1. The lowest BCUT2D eigenvalue weighted by atomic mass is 9.84. The number of amides is 1. The molecule has 1 unspecified atom stereocenters. The lowest BCUT2D eigenvalue weighted by Gasteiger charge is -2.33. The first kappa shape index (κ1) is 21.3. The number of carbonyl (C=O) groups excluding carboxylic acids is 1. The minimum absolute atomic E-state index is 0.0887. The van der Waals surface area contributed by atoms with Gasteiger partial charge in [-0.05, 0) is 53.6 Å². The Kier molecular flexibility index (Phi) is 6.12. The Labute approximate surface area is 196 Å². The highest BCUT2D eigenvalue weighted by Gasteiger charge is 2.34. The number of fused-ring (bicyclic) bond motifs is 1. The molecule has 1 atom stereocenters. The highest BCUT2D eigenvalue weighted by molar-refractivity contribution is 5.96. The van der Waals surface area contributed by atoms with Crippen LogP contribution in [-0.4, -0.2) is 24.0 Å². The van der Waals surface area contributed by atoms with Crippen molar-refractivity contribution < 1.29 is 9.53 Å². The molecule has 0 radical (unpaired) electrons. The number of hydrogen-bond acceptors (Lipinski definition) is 2. The zero-order valence-electron chi connectivity index (χ0n) is 19.0. The summed E-state index contributed by atoms with van der Waals surface area (Å²) in [6, 6.07) is 27.2. The monoisotopic (exact) mass is 435 g/mol. The van der Waals surface area contributed by atoms with Gasteiger partial charge in [-0.1, -0.05) is 85.0 Å². The molecular weight excluding hydrogens is 406 g/mol. The first-order valence-electron chi connectivity index (χ1n) is 11.7. The molecule has 0 N–H and O–H groups in total. The Bertz CT molecular complexity index is 1150. The van der Waals surface area contributed by atoms with Crippen molar-refractivity contribution >= 4 is 5.91 Å². The average molecular weight is 436 g/mol.